The van der Waals surface area contributed by atoms with Crippen LogP contribution < -0.4 is 15.4 Å². The van der Waals surface area contributed by atoms with Gasteiger partial charge in [-0.25, -0.2) is 4.68 Å². The quantitative estimate of drug-likeness (QED) is 0.799. The van der Waals surface area contributed by atoms with Crippen molar-refractivity contribution in [1.82, 2.24) is 20.4 Å². The molecule has 2 aromatic rings. The van der Waals surface area contributed by atoms with E-state index in [0.717, 1.165) is 11.3 Å². The molecular formula is C17H22N4O3. The van der Waals surface area contributed by atoms with Crippen LogP contribution >= 0.6 is 0 Å². The van der Waals surface area contributed by atoms with Crippen LogP contribution in [0.5, 0.6) is 5.88 Å². The first kappa shape index (κ1) is 17.5. The summed E-state index contributed by atoms with van der Waals surface area (Å²) in [5.41, 5.74) is 1.75. The average Bonchev–Trinajstić information content (AvgIpc) is 2.96. The van der Waals surface area contributed by atoms with Gasteiger partial charge in [0.2, 0.25) is 11.8 Å². The fourth-order valence-electron chi connectivity index (χ4n) is 2.06. The van der Waals surface area contributed by atoms with E-state index >= 15 is 0 Å². The number of amides is 2. The first-order chi connectivity index (χ1) is 11.5. The van der Waals surface area contributed by atoms with E-state index < -0.39 is 6.10 Å². The molecule has 24 heavy (non-hydrogen) atoms. The van der Waals surface area contributed by atoms with Gasteiger partial charge in [0.05, 0.1) is 5.69 Å². The van der Waals surface area contributed by atoms with Gasteiger partial charge in [0.15, 0.2) is 6.10 Å². The zero-order valence-corrected chi connectivity index (χ0v) is 14.1. The zero-order valence-electron chi connectivity index (χ0n) is 14.1. The SMILES string of the molecule is CNC(=O)CCNC(=O)[C@H](C)Oc1nn(-c2ccccc2)cc1C. The van der Waals surface area contributed by atoms with Crippen molar-refractivity contribution in [1.29, 1.82) is 0 Å². The Morgan fingerprint density at radius 2 is 2.00 bits per heavy atom. The van der Waals surface area contributed by atoms with Gasteiger partial charge in [0.1, 0.15) is 0 Å². The number of nitrogens with zero attached hydrogens (tertiary/aromatic N) is 2. The molecule has 128 valence electrons. The maximum absolute atomic E-state index is 12.0. The van der Waals surface area contributed by atoms with E-state index in [9.17, 15) is 9.59 Å². The fourth-order valence-corrected chi connectivity index (χ4v) is 2.06. The molecule has 2 N–H and O–H groups in total. The minimum Gasteiger partial charge on any atom is -0.463 e. The van der Waals surface area contributed by atoms with Gasteiger partial charge >= 0.3 is 0 Å². The molecule has 7 heteroatoms. The summed E-state index contributed by atoms with van der Waals surface area (Å²) < 4.78 is 7.36. The highest BCUT2D eigenvalue weighted by Crippen LogP contribution is 2.19. The van der Waals surface area contributed by atoms with Gasteiger partial charge in [0, 0.05) is 31.8 Å². The van der Waals surface area contributed by atoms with Crippen LogP contribution in [-0.2, 0) is 9.59 Å². The van der Waals surface area contributed by atoms with E-state index in [1.54, 1.807) is 18.7 Å². The highest BCUT2D eigenvalue weighted by atomic mass is 16.5. The van der Waals surface area contributed by atoms with Gasteiger partial charge < -0.3 is 15.4 Å². The Balaban J connectivity index is 1.94. The third-order valence-corrected chi connectivity index (χ3v) is 3.46. The number of aryl methyl sites for hydroxylation is 1. The van der Waals surface area contributed by atoms with Gasteiger partial charge in [-0.2, -0.15) is 0 Å². The standard InChI is InChI=1S/C17H22N4O3/c1-12-11-21(14-7-5-4-6-8-14)20-17(12)24-13(2)16(23)19-10-9-15(22)18-3/h4-8,11,13H,9-10H2,1-3H3,(H,18,22)(H,19,23)/t13-/m0/s1. The van der Waals surface area contributed by atoms with E-state index in [1.807, 2.05) is 43.5 Å². The molecule has 0 aliphatic heterocycles. The molecule has 2 rings (SSSR count). The summed E-state index contributed by atoms with van der Waals surface area (Å²) in [6.45, 7) is 3.79. The van der Waals surface area contributed by atoms with Crippen LogP contribution in [-0.4, -0.2) is 41.3 Å². The van der Waals surface area contributed by atoms with E-state index in [2.05, 4.69) is 15.7 Å². The van der Waals surface area contributed by atoms with Crippen molar-refractivity contribution < 1.29 is 14.3 Å². The van der Waals surface area contributed by atoms with Crippen molar-refractivity contribution in [3.05, 3.63) is 42.1 Å². The van der Waals surface area contributed by atoms with Crippen molar-refractivity contribution in [3.8, 4) is 11.6 Å². The molecule has 2 amide bonds. The number of hydrogen-bond acceptors (Lipinski definition) is 4. The number of nitrogens with one attached hydrogen (secondary N) is 2. The number of para-hydroxylation sites is 1. The lowest BCUT2D eigenvalue weighted by Crippen LogP contribution is -2.38. The van der Waals surface area contributed by atoms with Gasteiger partial charge in [-0.05, 0) is 26.0 Å². The number of rotatable bonds is 7. The second-order valence-corrected chi connectivity index (χ2v) is 5.37. The Morgan fingerprint density at radius 3 is 2.67 bits per heavy atom. The minimum atomic E-state index is -0.701. The molecule has 0 fully saturated rings. The van der Waals surface area contributed by atoms with E-state index in [1.165, 1.54) is 0 Å². The Kier molecular flexibility index (Phi) is 5.95. The Hall–Kier alpha value is -2.83. The predicted octanol–water partition coefficient (Wildman–Crippen LogP) is 1.20. The lowest BCUT2D eigenvalue weighted by atomic mass is 10.3. The maximum atomic E-state index is 12.0. The van der Waals surface area contributed by atoms with Crippen LogP contribution in [0.25, 0.3) is 5.69 Å². The van der Waals surface area contributed by atoms with Gasteiger partial charge in [0.25, 0.3) is 5.91 Å². The second kappa shape index (κ2) is 8.14. The molecule has 1 atom stereocenters. The zero-order chi connectivity index (χ0) is 17.5. The van der Waals surface area contributed by atoms with Crippen LogP contribution in [0.4, 0.5) is 0 Å². The lowest BCUT2D eigenvalue weighted by Gasteiger charge is -2.13. The molecule has 1 aromatic heterocycles. The van der Waals surface area contributed by atoms with Crippen LogP contribution in [0.1, 0.15) is 18.9 Å². The molecule has 7 nitrogen and oxygen atoms in total. The maximum Gasteiger partial charge on any atom is 0.260 e. The number of aromatic nitrogens is 2. The predicted molar refractivity (Wildman–Crippen MR) is 90.1 cm³/mol. The van der Waals surface area contributed by atoms with Gasteiger partial charge in [-0.15, -0.1) is 5.10 Å². The molecule has 0 unspecified atom stereocenters. The highest BCUT2D eigenvalue weighted by molar-refractivity contribution is 5.81. The van der Waals surface area contributed by atoms with Crippen LogP contribution in [0.3, 0.4) is 0 Å². The molecule has 1 aromatic carbocycles. The topological polar surface area (TPSA) is 85.2 Å². The lowest BCUT2D eigenvalue weighted by molar-refractivity contribution is -0.127. The van der Waals surface area contributed by atoms with Crippen molar-refractivity contribution in [3.63, 3.8) is 0 Å². The molecule has 0 bridgehead atoms. The summed E-state index contributed by atoms with van der Waals surface area (Å²) in [5, 5.41) is 9.54. The average molecular weight is 330 g/mol. The summed E-state index contributed by atoms with van der Waals surface area (Å²) in [5.74, 6) is 0.00156. The van der Waals surface area contributed by atoms with Crippen molar-refractivity contribution in [2.24, 2.45) is 0 Å². The Bertz CT molecular complexity index is 697. The molecule has 0 spiro atoms. The fraction of sp³-hybridized carbons (Fsp3) is 0.353. The first-order valence-corrected chi connectivity index (χ1v) is 7.78. The molecular weight excluding hydrogens is 308 g/mol. The van der Waals surface area contributed by atoms with Gasteiger partial charge in [-0.1, -0.05) is 18.2 Å². The Morgan fingerprint density at radius 1 is 1.29 bits per heavy atom. The van der Waals surface area contributed by atoms with Crippen LogP contribution in [0, 0.1) is 6.92 Å². The monoisotopic (exact) mass is 330 g/mol. The molecule has 0 radical (unpaired) electrons. The van der Waals surface area contributed by atoms with Crippen LogP contribution in [0.2, 0.25) is 0 Å². The second-order valence-electron chi connectivity index (χ2n) is 5.37. The van der Waals surface area contributed by atoms with Crippen molar-refractivity contribution >= 4 is 11.8 Å². The van der Waals surface area contributed by atoms with Gasteiger partial charge in [-0.3, -0.25) is 9.59 Å². The van der Waals surface area contributed by atoms with Crippen molar-refractivity contribution in [2.75, 3.05) is 13.6 Å². The van der Waals surface area contributed by atoms with E-state index in [-0.39, 0.29) is 24.8 Å². The number of ether oxygens (including phenoxy) is 1. The molecule has 0 aliphatic carbocycles. The number of benzene rings is 1. The Labute approximate surface area is 141 Å². The smallest absolute Gasteiger partial charge is 0.260 e. The van der Waals surface area contributed by atoms with Crippen LogP contribution in [0.15, 0.2) is 36.5 Å². The highest BCUT2D eigenvalue weighted by Gasteiger charge is 2.18. The van der Waals surface area contributed by atoms with E-state index in [4.69, 9.17) is 4.74 Å². The third kappa shape index (κ3) is 4.58. The largest absolute Gasteiger partial charge is 0.463 e. The summed E-state index contributed by atoms with van der Waals surface area (Å²) in [4.78, 5) is 23.1. The molecule has 0 saturated heterocycles. The number of carbonyl (C=O) groups excluding carboxylic acids is 2. The normalized spacial score (nSPS) is 11.6. The summed E-state index contributed by atoms with van der Waals surface area (Å²) in [6, 6.07) is 9.66. The number of hydrogen-bond donors (Lipinski definition) is 2. The number of carbonyl (C=O) groups is 2. The minimum absolute atomic E-state index is 0.124. The van der Waals surface area contributed by atoms with Crippen molar-refractivity contribution in [2.45, 2.75) is 26.4 Å². The summed E-state index contributed by atoms with van der Waals surface area (Å²) >= 11 is 0. The van der Waals surface area contributed by atoms with E-state index in [0.29, 0.717) is 5.88 Å². The summed E-state index contributed by atoms with van der Waals surface area (Å²) in [6.07, 6.45) is 1.38. The molecule has 0 aliphatic rings. The first-order valence-electron chi connectivity index (χ1n) is 7.78. The molecule has 1 heterocycles. The third-order valence-electron chi connectivity index (χ3n) is 3.46. The molecule has 0 saturated carbocycles. The summed E-state index contributed by atoms with van der Waals surface area (Å²) in [7, 11) is 1.56.